The van der Waals surface area contributed by atoms with Crippen LogP contribution in [0.3, 0.4) is 0 Å². The lowest BCUT2D eigenvalue weighted by Gasteiger charge is -2.20. The average Bonchev–Trinajstić information content (AvgIpc) is 3.10. The van der Waals surface area contributed by atoms with Gasteiger partial charge in [-0.3, -0.25) is 23.4 Å². The predicted molar refractivity (Wildman–Crippen MR) is 203 cm³/mol. The molecule has 0 aromatic carbocycles. The molecule has 51 heavy (non-hydrogen) atoms. The average molecular weight is 744 g/mol. The topological polar surface area (TPSA) is 172 Å². The summed E-state index contributed by atoms with van der Waals surface area (Å²) in [5, 5.41) is 8.86. The molecule has 0 aromatic heterocycles. The fourth-order valence-electron chi connectivity index (χ4n) is 4.96. The molecule has 0 bridgehead atoms. The van der Waals surface area contributed by atoms with Crippen LogP contribution in [0.5, 0.6) is 0 Å². The zero-order chi connectivity index (χ0) is 37.8. The molecule has 1 unspecified atom stereocenters. The minimum atomic E-state index is -4.71. The molecule has 3 atom stereocenters. The number of carbonyl (C=O) groups is 3. The highest BCUT2D eigenvalue weighted by Crippen LogP contribution is 2.43. The summed E-state index contributed by atoms with van der Waals surface area (Å²) in [4.78, 5) is 45.8. The predicted octanol–water partition coefficient (Wildman–Crippen LogP) is 9.67. The second-order valence-corrected chi connectivity index (χ2v) is 14.5. The highest BCUT2D eigenvalue weighted by atomic mass is 31.2. The number of aliphatic carboxylic acids is 1. The van der Waals surface area contributed by atoms with E-state index in [9.17, 15) is 23.8 Å². The van der Waals surface area contributed by atoms with Gasteiger partial charge in [0.15, 0.2) is 6.10 Å². The molecule has 0 heterocycles. The van der Waals surface area contributed by atoms with E-state index in [1.54, 1.807) is 0 Å². The van der Waals surface area contributed by atoms with Crippen molar-refractivity contribution in [2.45, 2.75) is 174 Å². The van der Waals surface area contributed by atoms with Crippen molar-refractivity contribution in [1.29, 1.82) is 0 Å². The van der Waals surface area contributed by atoms with Gasteiger partial charge in [-0.1, -0.05) is 121 Å². The van der Waals surface area contributed by atoms with Crippen molar-refractivity contribution >= 4 is 25.7 Å². The lowest BCUT2D eigenvalue weighted by molar-refractivity contribution is -0.161. The van der Waals surface area contributed by atoms with Gasteiger partial charge in [-0.25, -0.2) is 4.57 Å². The Kier molecular flexibility index (Phi) is 33.2. The van der Waals surface area contributed by atoms with Gasteiger partial charge in [0.05, 0.1) is 13.2 Å². The van der Waals surface area contributed by atoms with Crippen molar-refractivity contribution < 1.29 is 47.5 Å². The van der Waals surface area contributed by atoms with Gasteiger partial charge in [-0.15, -0.1) is 0 Å². The van der Waals surface area contributed by atoms with Crippen LogP contribution in [-0.2, 0) is 37.5 Å². The van der Waals surface area contributed by atoms with Crippen LogP contribution in [0, 0.1) is 0 Å². The fourth-order valence-corrected chi connectivity index (χ4v) is 5.73. The van der Waals surface area contributed by atoms with Crippen LogP contribution in [0.1, 0.15) is 162 Å². The van der Waals surface area contributed by atoms with Gasteiger partial charge in [-0.2, -0.15) is 0 Å². The third-order valence-electron chi connectivity index (χ3n) is 8.11. The number of rotatable bonds is 36. The second-order valence-electron chi connectivity index (χ2n) is 13.1. The number of hydrogen-bond acceptors (Lipinski definition) is 9. The van der Waals surface area contributed by atoms with Crippen LogP contribution in [0.25, 0.3) is 0 Å². The van der Waals surface area contributed by atoms with Crippen molar-refractivity contribution in [2.24, 2.45) is 5.73 Å². The first-order valence-corrected chi connectivity index (χ1v) is 21.0. The number of carboxylic acid groups (broad SMARTS) is 1. The quantitative estimate of drug-likeness (QED) is 0.0241. The minimum Gasteiger partial charge on any atom is -0.480 e. The van der Waals surface area contributed by atoms with E-state index in [2.05, 4.69) is 54.8 Å². The van der Waals surface area contributed by atoms with Crippen molar-refractivity contribution in [3.8, 4) is 0 Å². The summed E-state index contributed by atoms with van der Waals surface area (Å²) in [7, 11) is -4.71. The monoisotopic (exact) mass is 743 g/mol. The number of esters is 2. The van der Waals surface area contributed by atoms with E-state index in [4.69, 9.17) is 24.8 Å². The molecule has 0 fully saturated rings. The van der Waals surface area contributed by atoms with Gasteiger partial charge in [0.25, 0.3) is 0 Å². The first kappa shape index (κ1) is 48.7. The van der Waals surface area contributed by atoms with Crippen LogP contribution in [0.15, 0.2) is 36.5 Å². The Balaban J connectivity index is 4.47. The van der Waals surface area contributed by atoms with Crippen LogP contribution in [0.4, 0.5) is 0 Å². The lowest BCUT2D eigenvalue weighted by Crippen LogP contribution is -2.34. The molecule has 4 N–H and O–H groups in total. The van der Waals surface area contributed by atoms with Crippen molar-refractivity contribution in [1.82, 2.24) is 0 Å². The smallest absolute Gasteiger partial charge is 0.472 e. The highest BCUT2D eigenvalue weighted by Gasteiger charge is 2.28. The Morgan fingerprint density at radius 1 is 0.608 bits per heavy atom. The van der Waals surface area contributed by atoms with Crippen LogP contribution >= 0.6 is 7.82 Å². The van der Waals surface area contributed by atoms with Crippen LogP contribution in [0.2, 0.25) is 0 Å². The minimum absolute atomic E-state index is 0.148. The van der Waals surface area contributed by atoms with Gasteiger partial charge < -0.3 is 25.2 Å². The van der Waals surface area contributed by atoms with Gasteiger partial charge >= 0.3 is 25.7 Å². The number of unbranched alkanes of at least 4 members (excludes halogenated alkanes) is 16. The van der Waals surface area contributed by atoms with Crippen molar-refractivity contribution in [3.63, 3.8) is 0 Å². The van der Waals surface area contributed by atoms with Gasteiger partial charge in [0.2, 0.25) is 0 Å². The van der Waals surface area contributed by atoms with Gasteiger partial charge in [0, 0.05) is 12.8 Å². The summed E-state index contributed by atoms with van der Waals surface area (Å²) >= 11 is 0. The molecule has 0 saturated carbocycles. The zero-order valence-electron chi connectivity index (χ0n) is 31.7. The van der Waals surface area contributed by atoms with Crippen molar-refractivity contribution in [3.05, 3.63) is 36.5 Å². The van der Waals surface area contributed by atoms with E-state index >= 15 is 0 Å². The maximum atomic E-state index is 12.6. The number of carboxylic acids is 1. The molecule has 0 spiro atoms. The Morgan fingerprint density at radius 2 is 1.06 bits per heavy atom. The van der Waals surface area contributed by atoms with E-state index in [1.807, 2.05) is 0 Å². The molecule has 0 rings (SSSR count). The second kappa shape index (κ2) is 34.8. The Hall–Kier alpha value is -2.30. The van der Waals surface area contributed by atoms with E-state index < -0.39 is 51.1 Å². The highest BCUT2D eigenvalue weighted by molar-refractivity contribution is 7.47. The summed E-state index contributed by atoms with van der Waals surface area (Å²) < 4.78 is 32.5. The third-order valence-corrected chi connectivity index (χ3v) is 9.06. The fraction of sp³-hybridized carbons (Fsp3) is 0.769. The summed E-state index contributed by atoms with van der Waals surface area (Å²) in [6, 6.07) is -1.52. The molecule has 0 aliphatic rings. The van der Waals surface area contributed by atoms with E-state index in [0.29, 0.717) is 12.8 Å². The zero-order valence-corrected chi connectivity index (χ0v) is 32.6. The number of allylic oxidation sites excluding steroid dienone is 6. The molecule has 0 amide bonds. The Morgan fingerprint density at radius 3 is 1.61 bits per heavy atom. The van der Waals surface area contributed by atoms with E-state index in [1.165, 1.54) is 38.5 Å². The number of hydrogen-bond donors (Lipinski definition) is 3. The summed E-state index contributed by atoms with van der Waals surface area (Å²) in [5.41, 5.74) is 5.31. The SMILES string of the molecule is CCCC/C=C/C/C=C/CCCCCCCC(=O)OC[C@H](COP(=O)(O)OC[C@H](N)C(=O)O)OC(=O)CCCCCCC/C=C/CCCCCC. The van der Waals surface area contributed by atoms with Crippen LogP contribution in [-0.4, -0.2) is 59.9 Å². The number of phosphoric acid groups is 1. The summed E-state index contributed by atoms with van der Waals surface area (Å²) in [6.07, 6.45) is 35.0. The molecule has 0 saturated heterocycles. The van der Waals surface area contributed by atoms with Crippen molar-refractivity contribution in [2.75, 3.05) is 19.8 Å². The summed E-state index contributed by atoms with van der Waals surface area (Å²) in [6.45, 7) is 2.70. The number of phosphoric ester groups is 1. The molecule has 0 aliphatic carbocycles. The maximum Gasteiger partial charge on any atom is 0.472 e. The molecular formula is C39H70NO10P. The maximum absolute atomic E-state index is 12.6. The number of nitrogens with two attached hydrogens (primary N) is 1. The van der Waals surface area contributed by atoms with E-state index in [0.717, 1.165) is 83.5 Å². The molecule has 0 radical (unpaired) electrons. The molecule has 0 aliphatic heterocycles. The van der Waals surface area contributed by atoms with Gasteiger partial charge in [0.1, 0.15) is 12.6 Å². The first-order valence-electron chi connectivity index (χ1n) is 19.5. The standard InChI is InChI=1S/C39H70NO10P/c1-3-5-7-9-11-13-15-17-19-20-22-24-26-28-30-37(41)47-32-35(33-48-51(45,46)49-34-36(40)39(43)44)50-38(42)31-29-27-25-23-21-18-16-14-12-10-8-6-4-2/h9,11,14-17,35-36H,3-8,10,12-13,18-34,40H2,1-2H3,(H,43,44)(H,45,46)/b11-9+,16-14+,17-15+/t35-,36+/m1/s1. The number of carbonyl (C=O) groups excluding carboxylic acids is 2. The largest absolute Gasteiger partial charge is 0.480 e. The lowest BCUT2D eigenvalue weighted by atomic mass is 10.1. The molecule has 0 aromatic rings. The van der Waals surface area contributed by atoms with Crippen LogP contribution < -0.4 is 5.73 Å². The number of ether oxygens (including phenoxy) is 2. The Labute approximate surface area is 308 Å². The molecule has 11 nitrogen and oxygen atoms in total. The van der Waals surface area contributed by atoms with E-state index in [-0.39, 0.29) is 19.4 Å². The molecule has 296 valence electrons. The van der Waals surface area contributed by atoms with Gasteiger partial charge in [-0.05, 0) is 64.2 Å². The molecular weight excluding hydrogens is 673 g/mol. The summed E-state index contributed by atoms with van der Waals surface area (Å²) in [5.74, 6) is -2.41. The third kappa shape index (κ3) is 34.5. The first-order chi connectivity index (χ1) is 24.6. The normalized spacial score (nSPS) is 14.3. The Bertz CT molecular complexity index is 1020. The molecule has 12 heteroatoms.